The first-order valence-corrected chi connectivity index (χ1v) is 7.96. The van der Waals surface area contributed by atoms with Crippen LogP contribution >= 0.6 is 11.8 Å². The number of thioether (sulfide) groups is 1. The van der Waals surface area contributed by atoms with Gasteiger partial charge in [0.15, 0.2) is 0 Å². The van der Waals surface area contributed by atoms with E-state index in [1.165, 1.54) is 30.4 Å². The number of benzene rings is 1. The average Bonchev–Trinajstić information content (AvgIpc) is 2.43. The van der Waals surface area contributed by atoms with Crippen LogP contribution in [0, 0.1) is 0 Å². The molecule has 0 amide bonds. The number of ether oxygens (including phenoxy) is 1. The molecule has 1 aliphatic carbocycles. The highest BCUT2D eigenvalue weighted by Gasteiger charge is 2.20. The molecule has 0 bridgehead atoms. The predicted molar refractivity (Wildman–Crippen MR) is 79.7 cm³/mol. The molecular formula is C15H23NOS. The molecule has 2 unspecified atom stereocenters. The van der Waals surface area contributed by atoms with Crippen molar-refractivity contribution >= 4 is 11.8 Å². The lowest BCUT2D eigenvalue weighted by atomic mass is 9.87. The summed E-state index contributed by atoms with van der Waals surface area (Å²) >= 11 is 1.92. The van der Waals surface area contributed by atoms with Crippen LogP contribution in [0.5, 0.6) is 5.75 Å². The predicted octanol–water partition coefficient (Wildman–Crippen LogP) is 3.41. The number of hydrogen-bond donors (Lipinski definition) is 1. The molecule has 0 spiro atoms. The van der Waals surface area contributed by atoms with Crippen molar-refractivity contribution in [3.05, 3.63) is 29.3 Å². The molecule has 0 aromatic heterocycles. The zero-order valence-electron chi connectivity index (χ0n) is 11.5. The Balaban J connectivity index is 2.08. The Kier molecular flexibility index (Phi) is 4.95. The SMILES string of the molecule is COc1ccc2c(c1)CCCC2NCC(C)SC. The van der Waals surface area contributed by atoms with Crippen LogP contribution < -0.4 is 10.1 Å². The maximum atomic E-state index is 5.31. The largest absolute Gasteiger partial charge is 0.497 e. The van der Waals surface area contributed by atoms with Crippen LogP contribution in [0.3, 0.4) is 0 Å². The highest BCUT2D eigenvalue weighted by Crippen LogP contribution is 2.32. The molecule has 0 saturated heterocycles. The molecule has 2 rings (SSSR count). The Morgan fingerprint density at radius 1 is 1.50 bits per heavy atom. The van der Waals surface area contributed by atoms with Gasteiger partial charge in [-0.25, -0.2) is 0 Å². The van der Waals surface area contributed by atoms with Crippen LogP contribution in [-0.2, 0) is 6.42 Å². The molecule has 2 nitrogen and oxygen atoms in total. The van der Waals surface area contributed by atoms with Crippen molar-refractivity contribution in [2.24, 2.45) is 0 Å². The lowest BCUT2D eigenvalue weighted by Gasteiger charge is -2.27. The van der Waals surface area contributed by atoms with Crippen molar-refractivity contribution in [3.8, 4) is 5.75 Å². The summed E-state index contributed by atoms with van der Waals surface area (Å²) in [5, 5.41) is 4.38. The number of aryl methyl sites for hydroxylation is 1. The third-order valence-electron chi connectivity index (χ3n) is 3.72. The Morgan fingerprint density at radius 3 is 3.06 bits per heavy atom. The summed E-state index contributed by atoms with van der Waals surface area (Å²) in [6, 6.07) is 7.03. The second kappa shape index (κ2) is 6.48. The van der Waals surface area contributed by atoms with E-state index in [9.17, 15) is 0 Å². The average molecular weight is 265 g/mol. The first kappa shape index (κ1) is 13.8. The number of hydrogen-bond acceptors (Lipinski definition) is 3. The topological polar surface area (TPSA) is 21.3 Å². The van der Waals surface area contributed by atoms with Crippen LogP contribution in [0.4, 0.5) is 0 Å². The van der Waals surface area contributed by atoms with Crippen molar-refractivity contribution < 1.29 is 4.74 Å². The summed E-state index contributed by atoms with van der Waals surface area (Å²) < 4.78 is 5.31. The van der Waals surface area contributed by atoms with E-state index in [0.717, 1.165) is 12.3 Å². The third kappa shape index (κ3) is 3.21. The lowest BCUT2D eigenvalue weighted by Crippen LogP contribution is -2.30. The van der Waals surface area contributed by atoms with E-state index < -0.39 is 0 Å². The van der Waals surface area contributed by atoms with Gasteiger partial charge in [0.05, 0.1) is 7.11 Å². The minimum Gasteiger partial charge on any atom is -0.497 e. The van der Waals surface area contributed by atoms with E-state index in [1.54, 1.807) is 7.11 Å². The van der Waals surface area contributed by atoms with E-state index in [0.29, 0.717) is 11.3 Å². The van der Waals surface area contributed by atoms with Crippen LogP contribution in [0.15, 0.2) is 18.2 Å². The molecule has 0 saturated carbocycles. The first-order valence-electron chi connectivity index (χ1n) is 6.67. The zero-order chi connectivity index (χ0) is 13.0. The summed E-state index contributed by atoms with van der Waals surface area (Å²) in [7, 11) is 1.74. The quantitative estimate of drug-likeness (QED) is 0.881. The van der Waals surface area contributed by atoms with Crippen LogP contribution in [0.25, 0.3) is 0 Å². The molecule has 0 fully saturated rings. The van der Waals surface area contributed by atoms with Crippen molar-refractivity contribution in [3.63, 3.8) is 0 Å². The molecule has 0 heterocycles. The third-order valence-corrected chi connectivity index (χ3v) is 4.69. The zero-order valence-corrected chi connectivity index (χ0v) is 12.3. The van der Waals surface area contributed by atoms with Crippen LogP contribution in [-0.4, -0.2) is 25.2 Å². The van der Waals surface area contributed by atoms with Crippen LogP contribution in [0.1, 0.15) is 36.9 Å². The Bertz CT molecular complexity index is 394. The highest BCUT2D eigenvalue weighted by atomic mass is 32.2. The first-order chi connectivity index (χ1) is 8.74. The van der Waals surface area contributed by atoms with Crippen LogP contribution in [0.2, 0.25) is 0 Å². The summed E-state index contributed by atoms with van der Waals surface area (Å²) in [6.07, 6.45) is 5.88. The van der Waals surface area contributed by atoms with Gasteiger partial charge in [0.25, 0.3) is 0 Å². The molecule has 3 heteroatoms. The Hall–Kier alpha value is -0.670. The standard InChI is InChI=1S/C15H23NOS/c1-11(18-3)10-16-15-6-4-5-12-9-13(17-2)7-8-14(12)15/h7-9,11,15-16H,4-6,10H2,1-3H3. The van der Waals surface area contributed by atoms with Crippen molar-refractivity contribution in [1.82, 2.24) is 5.32 Å². The van der Waals surface area contributed by atoms with Crippen molar-refractivity contribution in [2.75, 3.05) is 19.9 Å². The van der Waals surface area contributed by atoms with Crippen molar-refractivity contribution in [1.29, 1.82) is 0 Å². The summed E-state index contributed by atoms with van der Waals surface area (Å²) in [5.41, 5.74) is 2.92. The van der Waals surface area contributed by atoms with Crippen molar-refractivity contribution in [2.45, 2.75) is 37.5 Å². The maximum absolute atomic E-state index is 5.31. The molecule has 18 heavy (non-hydrogen) atoms. The summed E-state index contributed by atoms with van der Waals surface area (Å²) in [4.78, 5) is 0. The van der Waals surface area contributed by atoms with Gasteiger partial charge in [-0.3, -0.25) is 0 Å². The maximum Gasteiger partial charge on any atom is 0.119 e. The Morgan fingerprint density at radius 2 is 2.33 bits per heavy atom. The number of nitrogens with one attached hydrogen (secondary N) is 1. The van der Waals surface area contributed by atoms with Gasteiger partial charge in [-0.2, -0.15) is 11.8 Å². The van der Waals surface area contributed by atoms with E-state index in [1.807, 2.05) is 11.8 Å². The summed E-state index contributed by atoms with van der Waals surface area (Å²) in [5.74, 6) is 0.979. The molecule has 1 aromatic carbocycles. The second-order valence-electron chi connectivity index (χ2n) is 4.96. The lowest BCUT2D eigenvalue weighted by molar-refractivity contribution is 0.411. The number of rotatable bonds is 5. The van der Waals surface area contributed by atoms with E-state index in [4.69, 9.17) is 4.74 Å². The molecular weight excluding hydrogens is 242 g/mol. The van der Waals surface area contributed by atoms with E-state index in [-0.39, 0.29) is 0 Å². The molecule has 1 N–H and O–H groups in total. The molecule has 2 atom stereocenters. The fraction of sp³-hybridized carbons (Fsp3) is 0.600. The Labute approximate surface area is 114 Å². The van der Waals surface area contributed by atoms with E-state index >= 15 is 0 Å². The molecule has 1 aromatic rings. The number of fused-ring (bicyclic) bond motifs is 1. The van der Waals surface area contributed by atoms with Gasteiger partial charge in [0, 0.05) is 17.8 Å². The summed E-state index contributed by atoms with van der Waals surface area (Å²) in [6.45, 7) is 3.35. The van der Waals surface area contributed by atoms with Gasteiger partial charge in [-0.05, 0) is 48.8 Å². The normalized spacial score (nSPS) is 20.3. The molecule has 100 valence electrons. The monoisotopic (exact) mass is 265 g/mol. The number of methoxy groups -OCH3 is 1. The van der Waals surface area contributed by atoms with Gasteiger partial charge in [0.2, 0.25) is 0 Å². The van der Waals surface area contributed by atoms with Gasteiger partial charge < -0.3 is 10.1 Å². The van der Waals surface area contributed by atoms with Gasteiger partial charge in [-0.1, -0.05) is 13.0 Å². The van der Waals surface area contributed by atoms with E-state index in [2.05, 4.69) is 36.7 Å². The van der Waals surface area contributed by atoms with Gasteiger partial charge in [0.1, 0.15) is 5.75 Å². The van der Waals surface area contributed by atoms with Gasteiger partial charge in [-0.15, -0.1) is 0 Å². The minimum atomic E-state index is 0.522. The molecule has 0 aliphatic heterocycles. The highest BCUT2D eigenvalue weighted by molar-refractivity contribution is 7.99. The smallest absolute Gasteiger partial charge is 0.119 e. The molecule has 1 aliphatic rings. The minimum absolute atomic E-state index is 0.522. The second-order valence-corrected chi connectivity index (χ2v) is 6.24. The fourth-order valence-electron chi connectivity index (χ4n) is 2.52. The molecule has 0 radical (unpaired) electrons. The van der Waals surface area contributed by atoms with Gasteiger partial charge >= 0.3 is 0 Å². The fourth-order valence-corrected chi connectivity index (χ4v) is 2.78.